The molecule has 3 aromatic rings. The summed E-state index contributed by atoms with van der Waals surface area (Å²) < 4.78 is 5.63. The first kappa shape index (κ1) is 16.8. The highest BCUT2D eigenvalue weighted by Crippen LogP contribution is 2.29. The van der Waals surface area contributed by atoms with Crippen LogP contribution in [0, 0.1) is 18.3 Å². The first-order valence-corrected chi connectivity index (χ1v) is 8.28. The molecule has 0 saturated heterocycles. The van der Waals surface area contributed by atoms with Crippen molar-refractivity contribution in [3.05, 3.63) is 64.9 Å². The summed E-state index contributed by atoms with van der Waals surface area (Å²) in [5.74, 6) is 0.277. The molecule has 1 amide bonds. The van der Waals surface area contributed by atoms with Crippen LogP contribution < -0.4 is 5.32 Å². The standard InChI is InChI=1S/C21H20N2O2/c1-13(2)18-10-19-16(12-25-20(19)7-14(18)3)9-21(24)23-17-6-4-5-15(8-17)11-22/h4-8,10,12-13H,9H2,1-3H3,(H,23,24). The van der Waals surface area contributed by atoms with Crippen LogP contribution >= 0.6 is 0 Å². The first-order valence-electron chi connectivity index (χ1n) is 8.28. The van der Waals surface area contributed by atoms with Crippen LogP contribution in [-0.4, -0.2) is 5.91 Å². The third-order valence-corrected chi connectivity index (χ3v) is 4.29. The Morgan fingerprint density at radius 2 is 2.08 bits per heavy atom. The number of amides is 1. The Hall–Kier alpha value is -3.06. The third kappa shape index (κ3) is 3.56. The molecule has 4 nitrogen and oxygen atoms in total. The normalized spacial score (nSPS) is 10.8. The second-order valence-corrected chi connectivity index (χ2v) is 6.54. The van der Waals surface area contributed by atoms with Gasteiger partial charge in [-0.15, -0.1) is 0 Å². The number of nitriles is 1. The van der Waals surface area contributed by atoms with E-state index in [-0.39, 0.29) is 12.3 Å². The monoisotopic (exact) mass is 332 g/mol. The van der Waals surface area contributed by atoms with E-state index in [0.717, 1.165) is 16.5 Å². The van der Waals surface area contributed by atoms with Gasteiger partial charge in [0.25, 0.3) is 0 Å². The number of fused-ring (bicyclic) bond motifs is 1. The van der Waals surface area contributed by atoms with Crippen molar-refractivity contribution in [3.63, 3.8) is 0 Å². The van der Waals surface area contributed by atoms with Crippen LogP contribution in [0.2, 0.25) is 0 Å². The van der Waals surface area contributed by atoms with Crippen LogP contribution in [0.1, 0.15) is 42.0 Å². The summed E-state index contributed by atoms with van der Waals surface area (Å²) >= 11 is 0. The lowest BCUT2D eigenvalue weighted by atomic mass is 9.95. The molecular weight excluding hydrogens is 312 g/mol. The maximum Gasteiger partial charge on any atom is 0.228 e. The lowest BCUT2D eigenvalue weighted by Crippen LogP contribution is -2.14. The molecule has 1 N–H and O–H groups in total. The van der Waals surface area contributed by atoms with Gasteiger partial charge in [0, 0.05) is 16.6 Å². The molecule has 0 aliphatic carbocycles. The van der Waals surface area contributed by atoms with Crippen molar-refractivity contribution in [2.75, 3.05) is 5.32 Å². The van der Waals surface area contributed by atoms with Crippen LogP contribution in [0.15, 0.2) is 47.1 Å². The van der Waals surface area contributed by atoms with Crippen molar-refractivity contribution in [3.8, 4) is 6.07 Å². The molecule has 0 aliphatic rings. The van der Waals surface area contributed by atoms with Crippen molar-refractivity contribution >= 4 is 22.6 Å². The summed E-state index contributed by atoms with van der Waals surface area (Å²) in [7, 11) is 0. The van der Waals surface area contributed by atoms with E-state index < -0.39 is 0 Å². The number of anilines is 1. The summed E-state index contributed by atoms with van der Waals surface area (Å²) in [6, 6.07) is 13.1. The fourth-order valence-corrected chi connectivity index (χ4v) is 3.05. The summed E-state index contributed by atoms with van der Waals surface area (Å²) in [5.41, 5.74) is 5.26. The van der Waals surface area contributed by atoms with E-state index in [0.29, 0.717) is 17.2 Å². The topological polar surface area (TPSA) is 66.0 Å². The van der Waals surface area contributed by atoms with Gasteiger partial charge in [-0.3, -0.25) is 4.79 Å². The summed E-state index contributed by atoms with van der Waals surface area (Å²) in [5, 5.41) is 12.8. The van der Waals surface area contributed by atoms with Crippen LogP contribution in [0.4, 0.5) is 5.69 Å². The number of carbonyl (C=O) groups excluding carboxylic acids is 1. The molecule has 3 rings (SSSR count). The van der Waals surface area contributed by atoms with Gasteiger partial charge in [0.05, 0.1) is 24.3 Å². The molecule has 0 atom stereocenters. The number of rotatable bonds is 4. The zero-order valence-electron chi connectivity index (χ0n) is 14.6. The molecule has 2 aromatic carbocycles. The number of nitrogens with zero attached hydrogens (tertiary/aromatic N) is 1. The highest BCUT2D eigenvalue weighted by Gasteiger charge is 2.14. The number of hydrogen-bond donors (Lipinski definition) is 1. The maximum absolute atomic E-state index is 12.4. The van der Waals surface area contributed by atoms with Crippen molar-refractivity contribution in [1.82, 2.24) is 0 Å². The molecule has 0 aliphatic heterocycles. The highest BCUT2D eigenvalue weighted by molar-refractivity contribution is 5.95. The number of nitrogens with one attached hydrogen (secondary N) is 1. The molecule has 1 aromatic heterocycles. The molecule has 0 fully saturated rings. The van der Waals surface area contributed by atoms with Gasteiger partial charge < -0.3 is 9.73 Å². The van der Waals surface area contributed by atoms with E-state index in [1.165, 1.54) is 11.1 Å². The van der Waals surface area contributed by atoms with Crippen molar-refractivity contribution < 1.29 is 9.21 Å². The van der Waals surface area contributed by atoms with Crippen LogP contribution in [0.25, 0.3) is 11.0 Å². The van der Waals surface area contributed by atoms with Gasteiger partial charge in [0.2, 0.25) is 5.91 Å². The Labute approximate surface area is 147 Å². The smallest absolute Gasteiger partial charge is 0.228 e. The predicted molar refractivity (Wildman–Crippen MR) is 98.5 cm³/mol. The second-order valence-electron chi connectivity index (χ2n) is 6.54. The SMILES string of the molecule is Cc1cc2occ(CC(=O)Nc3cccc(C#N)c3)c2cc1C(C)C. The minimum absolute atomic E-state index is 0.135. The summed E-state index contributed by atoms with van der Waals surface area (Å²) in [6.07, 6.45) is 1.88. The van der Waals surface area contributed by atoms with Gasteiger partial charge in [-0.25, -0.2) is 0 Å². The lowest BCUT2D eigenvalue weighted by Gasteiger charge is -2.10. The molecule has 25 heavy (non-hydrogen) atoms. The van der Waals surface area contributed by atoms with E-state index >= 15 is 0 Å². The van der Waals surface area contributed by atoms with E-state index in [2.05, 4.69) is 38.2 Å². The Morgan fingerprint density at radius 3 is 2.80 bits per heavy atom. The summed E-state index contributed by atoms with van der Waals surface area (Å²) in [6.45, 7) is 6.39. The van der Waals surface area contributed by atoms with E-state index in [1.807, 2.05) is 6.07 Å². The maximum atomic E-state index is 12.4. The molecule has 0 radical (unpaired) electrons. The van der Waals surface area contributed by atoms with Crippen LogP contribution in [-0.2, 0) is 11.2 Å². The van der Waals surface area contributed by atoms with Crippen molar-refractivity contribution in [2.45, 2.75) is 33.1 Å². The molecule has 0 spiro atoms. The Morgan fingerprint density at radius 1 is 1.28 bits per heavy atom. The first-order chi connectivity index (χ1) is 12.0. The minimum atomic E-state index is -0.135. The van der Waals surface area contributed by atoms with Gasteiger partial charge >= 0.3 is 0 Å². The number of furan rings is 1. The molecular formula is C21H20N2O2. The molecule has 0 unspecified atom stereocenters. The Balaban J connectivity index is 1.83. The molecule has 4 heteroatoms. The number of hydrogen-bond acceptors (Lipinski definition) is 3. The fraction of sp³-hybridized carbons (Fsp3) is 0.238. The van der Waals surface area contributed by atoms with E-state index in [1.54, 1.807) is 30.5 Å². The van der Waals surface area contributed by atoms with Crippen LogP contribution in [0.3, 0.4) is 0 Å². The zero-order valence-corrected chi connectivity index (χ0v) is 14.6. The molecule has 1 heterocycles. The largest absolute Gasteiger partial charge is 0.464 e. The molecule has 0 bridgehead atoms. The summed E-state index contributed by atoms with van der Waals surface area (Å²) in [4.78, 5) is 12.4. The van der Waals surface area contributed by atoms with Crippen molar-refractivity contribution in [2.24, 2.45) is 0 Å². The average molecular weight is 332 g/mol. The van der Waals surface area contributed by atoms with Gasteiger partial charge in [0.1, 0.15) is 5.58 Å². The highest BCUT2D eigenvalue weighted by atomic mass is 16.3. The van der Waals surface area contributed by atoms with E-state index in [4.69, 9.17) is 9.68 Å². The van der Waals surface area contributed by atoms with Crippen molar-refractivity contribution in [1.29, 1.82) is 5.26 Å². The predicted octanol–water partition coefficient (Wildman–Crippen LogP) is 4.92. The Bertz CT molecular complexity index is 977. The number of aryl methyl sites for hydroxylation is 1. The van der Waals surface area contributed by atoms with Gasteiger partial charge in [0.15, 0.2) is 0 Å². The minimum Gasteiger partial charge on any atom is -0.464 e. The lowest BCUT2D eigenvalue weighted by molar-refractivity contribution is -0.115. The number of benzene rings is 2. The van der Waals surface area contributed by atoms with Crippen LogP contribution in [0.5, 0.6) is 0 Å². The zero-order chi connectivity index (χ0) is 18.0. The molecule has 126 valence electrons. The Kier molecular flexibility index (Phi) is 4.58. The van der Waals surface area contributed by atoms with E-state index in [9.17, 15) is 4.79 Å². The quantitative estimate of drug-likeness (QED) is 0.737. The van der Waals surface area contributed by atoms with Gasteiger partial charge in [-0.05, 0) is 54.3 Å². The average Bonchev–Trinajstić information content (AvgIpc) is 2.95. The number of carbonyl (C=O) groups is 1. The molecule has 0 saturated carbocycles. The van der Waals surface area contributed by atoms with Gasteiger partial charge in [-0.1, -0.05) is 19.9 Å². The fourth-order valence-electron chi connectivity index (χ4n) is 3.05. The third-order valence-electron chi connectivity index (χ3n) is 4.29. The van der Waals surface area contributed by atoms with Gasteiger partial charge in [-0.2, -0.15) is 5.26 Å². The second kappa shape index (κ2) is 6.82.